The molecule has 3 aliphatic rings. The molecule has 0 aromatic heterocycles. The van der Waals surface area contributed by atoms with Crippen molar-refractivity contribution in [2.24, 2.45) is 0 Å². The van der Waals surface area contributed by atoms with Crippen LogP contribution in [0.25, 0.3) is 0 Å². The van der Waals surface area contributed by atoms with E-state index in [4.69, 9.17) is 28.4 Å². The first-order valence-corrected chi connectivity index (χ1v) is 35.2. The average molecular weight is 1310 g/mol. The molecular weight excluding hydrogens is 1180 g/mol. The Morgan fingerprint density at radius 2 is 1.04 bits per heavy atom. The molecule has 23 heteroatoms. The molecule has 3 saturated heterocycles. The van der Waals surface area contributed by atoms with Crippen LogP contribution in [0.3, 0.4) is 0 Å². The molecule has 23 nitrogen and oxygen atoms in total. The normalized spacial score (nSPS) is 28.5. The molecule has 532 valence electrons. The van der Waals surface area contributed by atoms with Crippen LogP contribution in [-0.4, -0.2) is 215 Å². The number of carbonyl (C=O) groups excluding carboxylic acids is 2. The summed E-state index contributed by atoms with van der Waals surface area (Å²) in [4.78, 5) is 38.5. The van der Waals surface area contributed by atoms with Crippen molar-refractivity contribution in [1.82, 2.24) is 10.6 Å². The van der Waals surface area contributed by atoms with Gasteiger partial charge in [-0.1, -0.05) is 218 Å². The van der Waals surface area contributed by atoms with Crippen molar-refractivity contribution in [1.29, 1.82) is 0 Å². The van der Waals surface area contributed by atoms with Crippen LogP contribution in [0.15, 0.2) is 24.3 Å². The second-order valence-corrected chi connectivity index (χ2v) is 25.8. The third-order valence-electron chi connectivity index (χ3n) is 17.9. The smallest absolute Gasteiger partial charge is 0.364 e. The largest absolute Gasteiger partial charge is 0.477 e. The molecule has 0 aliphatic carbocycles. The first kappa shape index (κ1) is 82.4. The SMILES string of the molecule is CCCCC/C=C\C=C/CCCCCCCCC(=O)NC(COC1OC(CO)C(OC2OC(CO)C(O)C(OC3(C(=O)O)CC(O)C(NC(C)=O)C(C(O)C(O)CO)O3)C2O)C(O)C1O)C(O)CCCCCCCCCCCCCCCCCCCCCCCC. The van der Waals surface area contributed by atoms with Gasteiger partial charge in [-0.2, -0.15) is 0 Å². The van der Waals surface area contributed by atoms with Gasteiger partial charge in [0.15, 0.2) is 12.6 Å². The number of carboxylic acids is 1. The number of aliphatic carboxylic acids is 1. The molecule has 0 spiro atoms. The number of rotatable bonds is 53. The summed E-state index contributed by atoms with van der Waals surface area (Å²) in [6.07, 6.45) is 18.9. The minimum Gasteiger partial charge on any atom is -0.477 e. The predicted octanol–water partition coefficient (Wildman–Crippen LogP) is 6.45. The second kappa shape index (κ2) is 48.8. The number of aliphatic hydroxyl groups is 11. The highest BCUT2D eigenvalue weighted by atomic mass is 16.8. The van der Waals surface area contributed by atoms with E-state index in [1.807, 2.05) is 0 Å². The van der Waals surface area contributed by atoms with Crippen molar-refractivity contribution >= 4 is 17.8 Å². The number of nitrogens with one attached hydrogen (secondary N) is 2. The minimum atomic E-state index is -3.08. The van der Waals surface area contributed by atoms with Gasteiger partial charge in [-0.3, -0.25) is 9.59 Å². The van der Waals surface area contributed by atoms with Crippen molar-refractivity contribution in [2.45, 2.75) is 362 Å². The summed E-state index contributed by atoms with van der Waals surface area (Å²) in [5, 5.41) is 136. The lowest BCUT2D eigenvalue weighted by molar-refractivity contribution is -0.386. The van der Waals surface area contributed by atoms with Gasteiger partial charge in [-0.05, 0) is 38.5 Å². The molecule has 3 aliphatic heterocycles. The van der Waals surface area contributed by atoms with Gasteiger partial charge in [0, 0.05) is 19.8 Å². The summed E-state index contributed by atoms with van der Waals surface area (Å²) in [6.45, 7) is 2.17. The Hall–Kier alpha value is -2.79. The highest BCUT2D eigenvalue weighted by Gasteiger charge is 2.60. The third-order valence-corrected chi connectivity index (χ3v) is 17.9. The van der Waals surface area contributed by atoms with Crippen LogP contribution in [0, 0.1) is 0 Å². The maximum atomic E-state index is 13.5. The van der Waals surface area contributed by atoms with Gasteiger partial charge in [0.05, 0.1) is 50.7 Å². The minimum absolute atomic E-state index is 0.210. The topological polar surface area (TPSA) is 373 Å². The van der Waals surface area contributed by atoms with Gasteiger partial charge in [-0.25, -0.2) is 4.79 Å². The maximum Gasteiger partial charge on any atom is 0.364 e. The summed E-state index contributed by atoms with van der Waals surface area (Å²) in [6, 6.07) is -2.54. The van der Waals surface area contributed by atoms with Crippen molar-refractivity contribution < 1.29 is 104 Å². The van der Waals surface area contributed by atoms with Crippen molar-refractivity contribution in [3.8, 4) is 0 Å². The van der Waals surface area contributed by atoms with Gasteiger partial charge >= 0.3 is 5.97 Å². The number of carbonyl (C=O) groups is 3. The summed E-state index contributed by atoms with van der Waals surface area (Å²) in [5.74, 6) is -6.11. The highest BCUT2D eigenvalue weighted by molar-refractivity contribution is 5.77. The van der Waals surface area contributed by atoms with Gasteiger partial charge in [0.2, 0.25) is 11.8 Å². The zero-order valence-electron chi connectivity index (χ0n) is 55.4. The number of hydrogen-bond acceptors (Lipinski definition) is 20. The summed E-state index contributed by atoms with van der Waals surface area (Å²) in [7, 11) is 0. The van der Waals surface area contributed by atoms with Crippen LogP contribution in [0.4, 0.5) is 0 Å². The second-order valence-electron chi connectivity index (χ2n) is 25.8. The van der Waals surface area contributed by atoms with Crippen LogP contribution in [0.5, 0.6) is 0 Å². The first-order chi connectivity index (χ1) is 43.9. The van der Waals surface area contributed by atoms with Crippen LogP contribution < -0.4 is 10.6 Å². The molecule has 0 bridgehead atoms. The van der Waals surface area contributed by atoms with Crippen LogP contribution in [-0.2, 0) is 42.8 Å². The highest BCUT2D eigenvalue weighted by Crippen LogP contribution is 2.39. The molecule has 18 atom stereocenters. The molecular formula is C68H124N2O21. The lowest BCUT2D eigenvalue weighted by Crippen LogP contribution is -2.70. The summed E-state index contributed by atoms with van der Waals surface area (Å²) in [5.41, 5.74) is 0. The molecule has 0 saturated carbocycles. The summed E-state index contributed by atoms with van der Waals surface area (Å²) >= 11 is 0. The fourth-order valence-electron chi connectivity index (χ4n) is 12.3. The van der Waals surface area contributed by atoms with E-state index in [2.05, 4.69) is 48.8 Å². The molecule has 18 unspecified atom stereocenters. The first-order valence-electron chi connectivity index (χ1n) is 35.2. The van der Waals surface area contributed by atoms with Crippen LogP contribution >= 0.6 is 0 Å². The van der Waals surface area contributed by atoms with Gasteiger partial charge in [0.25, 0.3) is 5.79 Å². The Balaban J connectivity index is 1.58. The van der Waals surface area contributed by atoms with Crippen molar-refractivity contribution in [3.63, 3.8) is 0 Å². The van der Waals surface area contributed by atoms with E-state index in [-0.39, 0.29) is 18.9 Å². The Morgan fingerprint density at radius 1 is 0.571 bits per heavy atom. The predicted molar refractivity (Wildman–Crippen MR) is 343 cm³/mol. The fraction of sp³-hybridized carbons (Fsp3) is 0.897. The summed E-state index contributed by atoms with van der Waals surface area (Å²) < 4.78 is 34.8. The van der Waals surface area contributed by atoms with E-state index in [0.717, 1.165) is 77.6 Å². The monoisotopic (exact) mass is 1300 g/mol. The average Bonchev–Trinajstić information content (AvgIpc) is 0.768. The number of carboxylic acid groups (broad SMARTS) is 1. The molecule has 0 aromatic carbocycles. The third kappa shape index (κ3) is 31.3. The Labute approximate surface area is 543 Å². The number of hydrogen-bond donors (Lipinski definition) is 14. The number of allylic oxidation sites excluding steroid dienone is 4. The molecule has 14 N–H and O–H groups in total. The number of ether oxygens (including phenoxy) is 6. The molecule has 0 radical (unpaired) electrons. The van der Waals surface area contributed by atoms with E-state index in [1.54, 1.807) is 0 Å². The number of amides is 2. The van der Waals surface area contributed by atoms with Crippen LogP contribution in [0.2, 0.25) is 0 Å². The van der Waals surface area contributed by atoms with E-state index in [9.17, 15) is 75.7 Å². The molecule has 3 heterocycles. The van der Waals surface area contributed by atoms with E-state index >= 15 is 0 Å². The van der Waals surface area contributed by atoms with E-state index in [1.165, 1.54) is 128 Å². The lowest BCUT2D eigenvalue weighted by atomic mass is 9.88. The quantitative estimate of drug-likeness (QED) is 0.0230. The zero-order chi connectivity index (χ0) is 66.8. The standard InChI is InChI=1S/C68H124N2O21/c1-4-6-8-10-12-14-16-18-20-21-22-23-24-25-26-28-29-31-33-35-37-39-41-50(75)49(70-55(78)42-40-38-36-34-32-30-27-19-17-15-13-11-9-7-5-2)47-86-65-60(82)59(81)62(54(46-73)88-65)89-66-61(83)64(58(80)53(45-72)87-66)91-68(67(84)85)43-51(76)56(69-48(3)74)63(90-68)57(79)52(77)44-71/h13,15,17,19,49-54,56-66,71-73,75-77,79-83H,4-12,14,16,18,20-47H2,1-3H3,(H,69,74)(H,70,78)(H,84,85)/b15-13-,19-17-. The Morgan fingerprint density at radius 3 is 1.54 bits per heavy atom. The zero-order valence-corrected chi connectivity index (χ0v) is 55.4. The molecule has 2 amide bonds. The fourth-order valence-corrected chi connectivity index (χ4v) is 12.3. The van der Waals surface area contributed by atoms with Gasteiger partial charge < -0.3 is 100 Å². The van der Waals surface area contributed by atoms with Gasteiger partial charge in [0.1, 0.15) is 67.1 Å². The maximum absolute atomic E-state index is 13.5. The molecule has 0 aromatic rings. The van der Waals surface area contributed by atoms with Crippen molar-refractivity contribution in [2.75, 3.05) is 26.4 Å². The van der Waals surface area contributed by atoms with Crippen LogP contribution in [0.1, 0.15) is 252 Å². The number of unbranched alkanes of at least 4 members (excludes halogenated alkanes) is 30. The van der Waals surface area contributed by atoms with Gasteiger partial charge in [-0.15, -0.1) is 0 Å². The molecule has 3 rings (SSSR count). The Bertz CT molecular complexity index is 1940. The molecule has 3 fully saturated rings. The Kier molecular flexibility index (Phi) is 44.2. The lowest BCUT2D eigenvalue weighted by Gasteiger charge is -2.50. The number of aliphatic hydroxyl groups excluding tert-OH is 11. The van der Waals surface area contributed by atoms with E-state index < -0.39 is 148 Å². The van der Waals surface area contributed by atoms with Crippen molar-refractivity contribution in [3.05, 3.63) is 24.3 Å². The van der Waals surface area contributed by atoms with E-state index in [0.29, 0.717) is 19.3 Å². The molecule has 91 heavy (non-hydrogen) atoms.